The van der Waals surface area contributed by atoms with Gasteiger partial charge in [-0.25, -0.2) is 4.79 Å². The predicted molar refractivity (Wildman–Crippen MR) is 96.3 cm³/mol. The molecule has 130 valence electrons. The first-order chi connectivity index (χ1) is 12.1. The first kappa shape index (κ1) is 17.4. The Morgan fingerprint density at radius 3 is 2.60 bits per heavy atom. The van der Waals surface area contributed by atoms with Gasteiger partial charge < -0.3 is 10.1 Å². The highest BCUT2D eigenvalue weighted by Gasteiger charge is 2.20. The smallest absolute Gasteiger partial charge is 0.348 e. The number of anilines is 1. The van der Waals surface area contributed by atoms with Gasteiger partial charge in [0.2, 0.25) is 5.91 Å². The van der Waals surface area contributed by atoms with Crippen LogP contribution in [0.25, 0.3) is 0 Å². The molecule has 1 amide bonds. The van der Waals surface area contributed by atoms with E-state index in [1.807, 2.05) is 6.07 Å². The van der Waals surface area contributed by atoms with Crippen molar-refractivity contribution in [3.63, 3.8) is 0 Å². The summed E-state index contributed by atoms with van der Waals surface area (Å²) in [5.41, 5.74) is 2.30. The molecule has 2 aromatic rings. The number of aryl methyl sites for hydroxylation is 2. The zero-order chi connectivity index (χ0) is 17.8. The zero-order valence-corrected chi connectivity index (χ0v) is 14.8. The molecule has 0 aliphatic heterocycles. The van der Waals surface area contributed by atoms with Crippen molar-refractivity contribution in [1.29, 1.82) is 0 Å². The molecule has 1 aliphatic rings. The van der Waals surface area contributed by atoms with Crippen molar-refractivity contribution in [2.24, 2.45) is 0 Å². The number of carbonyl (C=O) groups is 3. The summed E-state index contributed by atoms with van der Waals surface area (Å²) in [6.45, 7) is 1.48. The lowest BCUT2D eigenvalue weighted by Crippen LogP contribution is -2.14. The van der Waals surface area contributed by atoms with E-state index < -0.39 is 5.97 Å². The standard InChI is InChI=1S/C19H19NO4S/c1-2-18(22)20-14-8-6-12(7-9-14)15(21)11-24-19(23)17-10-13-4-3-5-16(13)25-17/h6-10H,2-5,11H2,1H3,(H,20,22). The SMILES string of the molecule is CCC(=O)Nc1ccc(C(=O)COC(=O)c2cc3c(s2)CCC3)cc1. The first-order valence-electron chi connectivity index (χ1n) is 8.28. The molecule has 0 radical (unpaired) electrons. The molecule has 1 aromatic heterocycles. The number of Topliss-reactive ketones (excluding diaryl/α,β-unsaturated/α-hetero) is 1. The summed E-state index contributed by atoms with van der Waals surface area (Å²) in [6.07, 6.45) is 3.57. The number of hydrogen-bond acceptors (Lipinski definition) is 5. The van der Waals surface area contributed by atoms with Crippen molar-refractivity contribution in [3.8, 4) is 0 Å². The highest BCUT2D eigenvalue weighted by Crippen LogP contribution is 2.30. The van der Waals surface area contributed by atoms with Crippen LogP contribution in [0, 0.1) is 0 Å². The van der Waals surface area contributed by atoms with Crippen LogP contribution in [0.15, 0.2) is 30.3 Å². The van der Waals surface area contributed by atoms with Crippen molar-refractivity contribution < 1.29 is 19.1 Å². The van der Waals surface area contributed by atoms with E-state index in [4.69, 9.17) is 4.74 Å². The maximum absolute atomic E-state index is 12.1. The van der Waals surface area contributed by atoms with Gasteiger partial charge in [-0.05, 0) is 55.2 Å². The normalized spacial score (nSPS) is 12.5. The number of fused-ring (bicyclic) bond motifs is 1. The number of hydrogen-bond donors (Lipinski definition) is 1. The van der Waals surface area contributed by atoms with E-state index in [9.17, 15) is 14.4 Å². The third-order valence-electron chi connectivity index (χ3n) is 4.09. The fourth-order valence-electron chi connectivity index (χ4n) is 2.70. The number of ether oxygens (including phenoxy) is 1. The lowest BCUT2D eigenvalue weighted by Gasteiger charge is -2.06. The van der Waals surface area contributed by atoms with Gasteiger partial charge in [0.1, 0.15) is 4.88 Å². The Labute approximate surface area is 150 Å². The topological polar surface area (TPSA) is 72.5 Å². The molecule has 1 N–H and O–H groups in total. The van der Waals surface area contributed by atoms with Crippen LogP contribution in [0.5, 0.6) is 0 Å². The van der Waals surface area contributed by atoms with Crippen molar-refractivity contribution >= 4 is 34.7 Å². The van der Waals surface area contributed by atoms with Crippen LogP contribution in [0.3, 0.4) is 0 Å². The molecule has 1 aliphatic carbocycles. The molecule has 0 unspecified atom stereocenters. The second-order valence-electron chi connectivity index (χ2n) is 5.89. The number of benzene rings is 1. The Morgan fingerprint density at radius 2 is 1.92 bits per heavy atom. The summed E-state index contributed by atoms with van der Waals surface area (Å²) in [5.74, 6) is -0.804. The third-order valence-corrected chi connectivity index (χ3v) is 5.31. The maximum atomic E-state index is 12.1. The molecule has 6 heteroatoms. The number of thiophene rings is 1. The Hall–Kier alpha value is -2.47. The number of amides is 1. The number of ketones is 1. The van der Waals surface area contributed by atoms with E-state index in [1.165, 1.54) is 21.8 Å². The molecule has 0 atom stereocenters. The van der Waals surface area contributed by atoms with Crippen molar-refractivity contribution in [3.05, 3.63) is 51.2 Å². The van der Waals surface area contributed by atoms with Gasteiger partial charge in [-0.2, -0.15) is 0 Å². The molecular formula is C19H19NO4S. The van der Waals surface area contributed by atoms with Gasteiger partial charge in [-0.1, -0.05) is 6.92 Å². The summed E-state index contributed by atoms with van der Waals surface area (Å²) in [5, 5.41) is 2.71. The Bertz CT molecular complexity index is 786. The fourth-order valence-corrected chi connectivity index (χ4v) is 3.85. The summed E-state index contributed by atoms with van der Waals surface area (Å²) >= 11 is 1.46. The molecule has 0 bridgehead atoms. The zero-order valence-electron chi connectivity index (χ0n) is 14.0. The first-order valence-corrected chi connectivity index (χ1v) is 9.10. The molecule has 0 fully saturated rings. The minimum absolute atomic E-state index is 0.0872. The monoisotopic (exact) mass is 357 g/mol. The molecule has 1 heterocycles. The molecule has 0 saturated carbocycles. The molecule has 3 rings (SSSR count). The second-order valence-corrected chi connectivity index (χ2v) is 7.03. The largest absolute Gasteiger partial charge is 0.453 e. The van der Waals surface area contributed by atoms with Gasteiger partial charge in [0, 0.05) is 22.5 Å². The highest BCUT2D eigenvalue weighted by atomic mass is 32.1. The van der Waals surface area contributed by atoms with Gasteiger partial charge in [-0.3, -0.25) is 9.59 Å². The van der Waals surface area contributed by atoms with Crippen molar-refractivity contribution in [2.45, 2.75) is 32.6 Å². The molecule has 0 spiro atoms. The predicted octanol–water partition coefficient (Wildman–Crippen LogP) is 3.63. The Kier molecular flexibility index (Phi) is 5.28. The number of carbonyl (C=O) groups excluding carboxylic acids is 3. The number of nitrogens with one attached hydrogen (secondary N) is 1. The summed E-state index contributed by atoms with van der Waals surface area (Å²) in [7, 11) is 0. The third kappa shape index (κ3) is 4.14. The average Bonchev–Trinajstić information content (AvgIpc) is 3.21. The minimum atomic E-state index is -0.445. The van der Waals surface area contributed by atoms with Crippen LogP contribution in [-0.4, -0.2) is 24.3 Å². The van der Waals surface area contributed by atoms with Crippen molar-refractivity contribution in [2.75, 3.05) is 11.9 Å². The van der Waals surface area contributed by atoms with E-state index in [-0.39, 0.29) is 18.3 Å². The van der Waals surface area contributed by atoms with Crippen LogP contribution in [0.4, 0.5) is 5.69 Å². The van der Waals surface area contributed by atoms with Crippen LogP contribution in [-0.2, 0) is 22.4 Å². The quantitative estimate of drug-likeness (QED) is 0.633. The van der Waals surface area contributed by atoms with Crippen LogP contribution in [0.2, 0.25) is 0 Å². The number of esters is 1. The molecule has 0 saturated heterocycles. The van der Waals surface area contributed by atoms with E-state index in [0.717, 1.165) is 19.3 Å². The Balaban J connectivity index is 1.54. The van der Waals surface area contributed by atoms with Crippen LogP contribution < -0.4 is 5.32 Å². The summed E-state index contributed by atoms with van der Waals surface area (Å²) in [4.78, 5) is 37.4. The lowest BCUT2D eigenvalue weighted by atomic mass is 10.1. The summed E-state index contributed by atoms with van der Waals surface area (Å²) in [6, 6.07) is 8.42. The van der Waals surface area contributed by atoms with Gasteiger partial charge >= 0.3 is 5.97 Å². The van der Waals surface area contributed by atoms with E-state index in [2.05, 4.69) is 5.32 Å². The Morgan fingerprint density at radius 1 is 1.16 bits per heavy atom. The highest BCUT2D eigenvalue weighted by molar-refractivity contribution is 7.14. The van der Waals surface area contributed by atoms with Gasteiger partial charge in [0.05, 0.1) is 0 Å². The van der Waals surface area contributed by atoms with E-state index in [0.29, 0.717) is 22.5 Å². The summed E-state index contributed by atoms with van der Waals surface area (Å²) < 4.78 is 5.15. The maximum Gasteiger partial charge on any atom is 0.348 e. The molecule has 1 aromatic carbocycles. The van der Waals surface area contributed by atoms with E-state index >= 15 is 0 Å². The van der Waals surface area contributed by atoms with Crippen molar-refractivity contribution in [1.82, 2.24) is 0 Å². The molecule has 25 heavy (non-hydrogen) atoms. The van der Waals surface area contributed by atoms with E-state index in [1.54, 1.807) is 31.2 Å². The minimum Gasteiger partial charge on any atom is -0.453 e. The molecular weight excluding hydrogens is 338 g/mol. The molecule has 5 nitrogen and oxygen atoms in total. The fraction of sp³-hybridized carbons (Fsp3) is 0.316. The second kappa shape index (κ2) is 7.61. The number of rotatable bonds is 6. The average molecular weight is 357 g/mol. The lowest BCUT2D eigenvalue weighted by molar-refractivity contribution is -0.115. The van der Waals surface area contributed by atoms with Gasteiger partial charge in [0.25, 0.3) is 0 Å². The van der Waals surface area contributed by atoms with Gasteiger partial charge in [-0.15, -0.1) is 11.3 Å². The van der Waals surface area contributed by atoms with Crippen LogP contribution >= 0.6 is 11.3 Å². The van der Waals surface area contributed by atoms with Gasteiger partial charge in [0.15, 0.2) is 12.4 Å². The van der Waals surface area contributed by atoms with Crippen LogP contribution in [0.1, 0.15) is 50.2 Å².